The molecule has 3 atom stereocenters. The summed E-state index contributed by atoms with van der Waals surface area (Å²) in [6.45, 7) is 6.85. The monoisotopic (exact) mass is 274 g/mol. The molecule has 2 heterocycles. The van der Waals surface area contributed by atoms with Gasteiger partial charge in [0, 0.05) is 25.7 Å². The Morgan fingerprint density at radius 2 is 2.00 bits per heavy atom. The molecule has 1 aromatic rings. The Morgan fingerprint density at radius 1 is 1.25 bits per heavy atom. The molecule has 0 spiro atoms. The van der Waals surface area contributed by atoms with Gasteiger partial charge in [0.2, 0.25) is 0 Å². The molecule has 2 saturated heterocycles. The van der Waals surface area contributed by atoms with Gasteiger partial charge in [-0.05, 0) is 18.9 Å². The highest BCUT2D eigenvalue weighted by atomic mass is 16.6. The average molecular weight is 274 g/mol. The Labute approximate surface area is 120 Å². The second-order valence-electron chi connectivity index (χ2n) is 5.70. The van der Waals surface area contributed by atoms with E-state index in [0.717, 1.165) is 26.1 Å². The molecule has 0 aromatic heterocycles. The molecular weight excluding hydrogens is 252 g/mol. The summed E-state index contributed by atoms with van der Waals surface area (Å²) in [6.07, 6.45) is 0.890. The van der Waals surface area contributed by atoms with Crippen LogP contribution in [0.25, 0.3) is 0 Å². The molecule has 2 aliphatic heterocycles. The van der Waals surface area contributed by atoms with E-state index in [0.29, 0.717) is 6.04 Å². The maximum Gasteiger partial charge on any atom is 0.410 e. The van der Waals surface area contributed by atoms with E-state index in [4.69, 9.17) is 4.74 Å². The second-order valence-corrected chi connectivity index (χ2v) is 5.70. The van der Waals surface area contributed by atoms with Crippen molar-refractivity contribution < 1.29 is 9.53 Å². The second kappa shape index (κ2) is 5.44. The SMILES string of the molecule is CC[C@H]1[C@H]2[C@@H](C)OC(=O)N2CCN1Cc1ccccc1. The van der Waals surface area contributed by atoms with Crippen molar-refractivity contribution >= 4 is 6.09 Å². The number of amides is 1. The van der Waals surface area contributed by atoms with E-state index in [1.165, 1.54) is 5.56 Å². The fraction of sp³-hybridized carbons (Fsp3) is 0.562. The average Bonchev–Trinajstić information content (AvgIpc) is 2.75. The summed E-state index contributed by atoms with van der Waals surface area (Å²) in [5.41, 5.74) is 1.33. The first kappa shape index (κ1) is 13.4. The van der Waals surface area contributed by atoms with Crippen LogP contribution in [-0.2, 0) is 11.3 Å². The van der Waals surface area contributed by atoms with Gasteiger partial charge in [-0.25, -0.2) is 4.79 Å². The van der Waals surface area contributed by atoms with Crippen LogP contribution in [0.15, 0.2) is 30.3 Å². The van der Waals surface area contributed by atoms with Gasteiger partial charge in [0.1, 0.15) is 6.10 Å². The van der Waals surface area contributed by atoms with Gasteiger partial charge in [-0.3, -0.25) is 9.80 Å². The first-order valence-electron chi connectivity index (χ1n) is 7.46. The fourth-order valence-electron chi connectivity index (χ4n) is 3.56. The predicted molar refractivity (Wildman–Crippen MR) is 77.4 cm³/mol. The third-order valence-electron chi connectivity index (χ3n) is 4.50. The fourth-order valence-corrected chi connectivity index (χ4v) is 3.56. The zero-order valence-electron chi connectivity index (χ0n) is 12.2. The van der Waals surface area contributed by atoms with Crippen LogP contribution in [0.1, 0.15) is 25.8 Å². The van der Waals surface area contributed by atoms with Gasteiger partial charge in [0.25, 0.3) is 0 Å². The Hall–Kier alpha value is -1.55. The van der Waals surface area contributed by atoms with E-state index in [-0.39, 0.29) is 18.2 Å². The summed E-state index contributed by atoms with van der Waals surface area (Å²) < 4.78 is 5.40. The zero-order valence-corrected chi connectivity index (χ0v) is 12.2. The molecule has 4 nitrogen and oxygen atoms in total. The number of benzene rings is 1. The van der Waals surface area contributed by atoms with Gasteiger partial charge in [-0.15, -0.1) is 0 Å². The van der Waals surface area contributed by atoms with Crippen LogP contribution in [0.4, 0.5) is 4.79 Å². The molecule has 4 heteroatoms. The number of cyclic esters (lactones) is 1. The maximum atomic E-state index is 11.8. The number of ether oxygens (including phenoxy) is 1. The maximum absolute atomic E-state index is 11.8. The van der Waals surface area contributed by atoms with E-state index in [1.54, 1.807) is 0 Å². The first-order chi connectivity index (χ1) is 9.70. The minimum absolute atomic E-state index is 0.00831. The summed E-state index contributed by atoms with van der Waals surface area (Å²) >= 11 is 0. The van der Waals surface area contributed by atoms with Gasteiger partial charge in [-0.1, -0.05) is 37.3 Å². The molecule has 0 aliphatic carbocycles. The highest BCUT2D eigenvalue weighted by molar-refractivity contribution is 5.71. The quantitative estimate of drug-likeness (QED) is 0.849. The van der Waals surface area contributed by atoms with Crippen molar-refractivity contribution in [3.05, 3.63) is 35.9 Å². The molecule has 0 saturated carbocycles. The molecule has 0 bridgehead atoms. The van der Waals surface area contributed by atoms with Crippen molar-refractivity contribution in [2.24, 2.45) is 0 Å². The Morgan fingerprint density at radius 3 is 2.70 bits per heavy atom. The lowest BCUT2D eigenvalue weighted by molar-refractivity contribution is 0.0387. The minimum atomic E-state index is -0.139. The summed E-state index contributed by atoms with van der Waals surface area (Å²) in [7, 11) is 0. The number of hydrogen-bond donors (Lipinski definition) is 0. The summed E-state index contributed by atoms with van der Waals surface area (Å²) in [5.74, 6) is 0. The molecule has 1 amide bonds. The molecular formula is C16H22N2O2. The van der Waals surface area contributed by atoms with E-state index in [2.05, 4.69) is 36.1 Å². The molecule has 0 radical (unpaired) electrons. The van der Waals surface area contributed by atoms with Crippen molar-refractivity contribution in [2.45, 2.75) is 45.0 Å². The number of piperazine rings is 1. The van der Waals surface area contributed by atoms with Crippen LogP contribution in [0.3, 0.4) is 0 Å². The highest BCUT2D eigenvalue weighted by Crippen LogP contribution is 2.30. The van der Waals surface area contributed by atoms with Crippen LogP contribution < -0.4 is 0 Å². The third kappa shape index (κ3) is 2.29. The Bertz CT molecular complexity index is 477. The van der Waals surface area contributed by atoms with Crippen LogP contribution >= 0.6 is 0 Å². The lowest BCUT2D eigenvalue weighted by atomic mass is 9.95. The number of carbonyl (C=O) groups is 1. The molecule has 20 heavy (non-hydrogen) atoms. The summed E-state index contributed by atoms with van der Waals surface area (Å²) in [6, 6.07) is 11.1. The molecule has 1 aromatic carbocycles. The minimum Gasteiger partial charge on any atom is -0.444 e. The topological polar surface area (TPSA) is 32.8 Å². The van der Waals surface area contributed by atoms with E-state index in [1.807, 2.05) is 17.9 Å². The molecule has 108 valence electrons. The summed E-state index contributed by atoms with van der Waals surface area (Å²) in [5, 5.41) is 0. The van der Waals surface area contributed by atoms with E-state index in [9.17, 15) is 4.79 Å². The van der Waals surface area contributed by atoms with Crippen LogP contribution in [0.2, 0.25) is 0 Å². The van der Waals surface area contributed by atoms with Gasteiger partial charge in [0.15, 0.2) is 0 Å². The Balaban J connectivity index is 1.78. The van der Waals surface area contributed by atoms with Crippen molar-refractivity contribution in [3.8, 4) is 0 Å². The van der Waals surface area contributed by atoms with Crippen molar-refractivity contribution in [1.82, 2.24) is 9.80 Å². The standard InChI is InChI=1S/C16H22N2O2/c1-3-14-15-12(2)20-16(19)18(15)10-9-17(14)11-13-7-5-4-6-8-13/h4-8,12,14-15H,3,9-11H2,1-2H3/t12-,14+,15-/m1/s1. The van der Waals surface area contributed by atoms with Gasteiger partial charge >= 0.3 is 6.09 Å². The van der Waals surface area contributed by atoms with Crippen molar-refractivity contribution in [2.75, 3.05) is 13.1 Å². The number of fused-ring (bicyclic) bond motifs is 1. The van der Waals surface area contributed by atoms with Crippen molar-refractivity contribution in [3.63, 3.8) is 0 Å². The molecule has 0 N–H and O–H groups in total. The van der Waals surface area contributed by atoms with Crippen LogP contribution in [0, 0.1) is 0 Å². The molecule has 3 rings (SSSR count). The first-order valence-corrected chi connectivity index (χ1v) is 7.46. The van der Waals surface area contributed by atoms with E-state index < -0.39 is 0 Å². The smallest absolute Gasteiger partial charge is 0.410 e. The molecule has 2 fully saturated rings. The van der Waals surface area contributed by atoms with Gasteiger partial charge < -0.3 is 4.74 Å². The van der Waals surface area contributed by atoms with Gasteiger partial charge in [0.05, 0.1) is 6.04 Å². The number of hydrogen-bond acceptors (Lipinski definition) is 3. The molecule has 0 unspecified atom stereocenters. The lowest BCUT2D eigenvalue weighted by Crippen LogP contribution is -2.59. The van der Waals surface area contributed by atoms with Crippen LogP contribution in [-0.4, -0.2) is 47.2 Å². The number of carbonyl (C=O) groups excluding carboxylic acids is 1. The van der Waals surface area contributed by atoms with E-state index >= 15 is 0 Å². The number of nitrogens with zero attached hydrogens (tertiary/aromatic N) is 2. The predicted octanol–water partition coefficient (Wildman–Crippen LogP) is 2.49. The van der Waals surface area contributed by atoms with Crippen LogP contribution in [0.5, 0.6) is 0 Å². The highest BCUT2D eigenvalue weighted by Gasteiger charge is 2.47. The Kier molecular flexibility index (Phi) is 3.66. The normalized spacial score (nSPS) is 30.2. The summed E-state index contributed by atoms with van der Waals surface area (Å²) in [4.78, 5) is 16.2. The van der Waals surface area contributed by atoms with Crippen molar-refractivity contribution in [1.29, 1.82) is 0 Å². The van der Waals surface area contributed by atoms with Gasteiger partial charge in [-0.2, -0.15) is 0 Å². The molecule has 2 aliphatic rings. The third-order valence-corrected chi connectivity index (χ3v) is 4.50. The largest absolute Gasteiger partial charge is 0.444 e. The number of rotatable bonds is 3. The lowest BCUT2D eigenvalue weighted by Gasteiger charge is -2.44. The zero-order chi connectivity index (χ0) is 14.1.